The Kier molecular flexibility index (Phi) is 2.64. The van der Waals surface area contributed by atoms with Gasteiger partial charge in [-0.1, -0.05) is 0 Å². The molecule has 5 nitrogen and oxygen atoms in total. The van der Waals surface area contributed by atoms with E-state index in [0.717, 1.165) is 33.9 Å². The van der Waals surface area contributed by atoms with Crippen molar-refractivity contribution in [3.05, 3.63) is 35.6 Å². The number of nitrogens with two attached hydrogens (primary N) is 1. The van der Waals surface area contributed by atoms with E-state index >= 15 is 0 Å². The van der Waals surface area contributed by atoms with Crippen LogP contribution in [0, 0.1) is 13.8 Å². The van der Waals surface area contributed by atoms with E-state index in [1.165, 1.54) is 0 Å². The molecule has 0 amide bonds. The maximum absolute atomic E-state index is 5.69. The highest BCUT2D eigenvalue weighted by Gasteiger charge is 2.13. The quantitative estimate of drug-likeness (QED) is 0.763. The number of fused-ring (bicyclic) bond motifs is 1. The molecule has 5 heteroatoms. The Morgan fingerprint density at radius 3 is 2.74 bits per heavy atom. The van der Waals surface area contributed by atoms with E-state index in [2.05, 4.69) is 9.97 Å². The van der Waals surface area contributed by atoms with E-state index in [0.29, 0.717) is 12.4 Å². The van der Waals surface area contributed by atoms with Crippen LogP contribution in [0.4, 0.5) is 0 Å². The summed E-state index contributed by atoms with van der Waals surface area (Å²) < 4.78 is 7.52. The number of rotatable bonds is 2. The van der Waals surface area contributed by atoms with Crippen molar-refractivity contribution in [3.63, 3.8) is 0 Å². The summed E-state index contributed by atoms with van der Waals surface area (Å²) in [6.07, 6.45) is 0. The Bertz CT molecular complexity index is 754. The molecule has 0 aliphatic heterocycles. The molecule has 2 N–H and O–H groups in total. The van der Waals surface area contributed by atoms with Crippen molar-refractivity contribution in [2.45, 2.75) is 20.4 Å². The average molecular weight is 256 g/mol. The van der Waals surface area contributed by atoms with Gasteiger partial charge in [-0.2, -0.15) is 0 Å². The first-order valence-corrected chi connectivity index (χ1v) is 6.20. The fourth-order valence-corrected chi connectivity index (χ4v) is 2.47. The molecule has 0 aliphatic carbocycles. The van der Waals surface area contributed by atoms with Crippen LogP contribution in [0.5, 0.6) is 0 Å². The lowest BCUT2D eigenvalue weighted by atomic mass is 10.1. The van der Waals surface area contributed by atoms with Crippen molar-refractivity contribution in [3.8, 4) is 11.3 Å². The molecule has 0 spiro atoms. The zero-order valence-corrected chi connectivity index (χ0v) is 11.3. The van der Waals surface area contributed by atoms with Crippen LogP contribution in [-0.2, 0) is 13.6 Å². The Labute approximate surface area is 111 Å². The predicted molar refractivity (Wildman–Crippen MR) is 73.6 cm³/mol. The third-order valence-corrected chi connectivity index (χ3v) is 3.31. The zero-order chi connectivity index (χ0) is 13.6. The number of aromatic nitrogens is 3. The highest BCUT2D eigenvalue weighted by atomic mass is 16.3. The van der Waals surface area contributed by atoms with Crippen molar-refractivity contribution in [1.29, 1.82) is 0 Å². The summed E-state index contributed by atoms with van der Waals surface area (Å²) in [5.74, 6) is 1.56. The van der Waals surface area contributed by atoms with Gasteiger partial charge in [-0.3, -0.25) is 0 Å². The molecule has 0 aliphatic rings. The summed E-state index contributed by atoms with van der Waals surface area (Å²) in [5.41, 5.74) is 10.5. The number of nitrogens with zero attached hydrogens (tertiary/aromatic N) is 3. The largest absolute Gasteiger partial charge is 0.441 e. The molecule has 1 aromatic carbocycles. The van der Waals surface area contributed by atoms with Crippen LogP contribution in [0.1, 0.15) is 17.4 Å². The number of benzene rings is 1. The van der Waals surface area contributed by atoms with Gasteiger partial charge >= 0.3 is 0 Å². The summed E-state index contributed by atoms with van der Waals surface area (Å²) in [7, 11) is 1.98. The van der Waals surface area contributed by atoms with Gasteiger partial charge in [0, 0.05) is 19.5 Å². The van der Waals surface area contributed by atoms with Crippen LogP contribution in [0.3, 0.4) is 0 Å². The van der Waals surface area contributed by atoms with Crippen LogP contribution in [0.15, 0.2) is 22.6 Å². The molecule has 3 rings (SSSR count). The summed E-state index contributed by atoms with van der Waals surface area (Å²) in [6.45, 7) is 4.27. The lowest BCUT2D eigenvalue weighted by Crippen LogP contribution is -2.05. The fourth-order valence-electron chi connectivity index (χ4n) is 2.47. The molecule has 0 bridgehead atoms. The average Bonchev–Trinajstić information content (AvgIpc) is 2.87. The Morgan fingerprint density at radius 2 is 2.05 bits per heavy atom. The summed E-state index contributed by atoms with van der Waals surface area (Å²) in [4.78, 5) is 8.85. The third-order valence-electron chi connectivity index (χ3n) is 3.31. The minimum absolute atomic E-state index is 0.433. The lowest BCUT2D eigenvalue weighted by molar-refractivity contribution is 0.561. The second-order valence-corrected chi connectivity index (χ2v) is 4.64. The Hall–Kier alpha value is -2.14. The van der Waals surface area contributed by atoms with Gasteiger partial charge < -0.3 is 14.7 Å². The van der Waals surface area contributed by atoms with Gasteiger partial charge in [0.2, 0.25) is 0 Å². The molecule has 0 unspecified atom stereocenters. The monoisotopic (exact) mass is 256 g/mol. The maximum atomic E-state index is 5.69. The van der Waals surface area contributed by atoms with Gasteiger partial charge in [0.25, 0.3) is 0 Å². The van der Waals surface area contributed by atoms with Gasteiger partial charge in [0.1, 0.15) is 11.3 Å². The van der Waals surface area contributed by atoms with Crippen LogP contribution in [0.25, 0.3) is 22.4 Å². The highest BCUT2D eigenvalue weighted by Crippen LogP contribution is 2.27. The molecule has 2 aromatic heterocycles. The predicted octanol–water partition coefficient (Wildman–Crippen LogP) is 2.30. The van der Waals surface area contributed by atoms with Crippen molar-refractivity contribution >= 4 is 11.1 Å². The molecule has 0 saturated heterocycles. The normalized spacial score (nSPS) is 11.4. The zero-order valence-electron chi connectivity index (χ0n) is 11.3. The maximum Gasteiger partial charge on any atom is 0.192 e. The first kappa shape index (κ1) is 11.9. The number of oxazole rings is 1. The van der Waals surface area contributed by atoms with E-state index in [9.17, 15) is 0 Å². The minimum atomic E-state index is 0.433. The number of imidazole rings is 1. The lowest BCUT2D eigenvalue weighted by Gasteiger charge is -2.05. The van der Waals surface area contributed by atoms with Gasteiger partial charge in [0.15, 0.2) is 11.5 Å². The molecule has 0 radical (unpaired) electrons. The molecule has 0 atom stereocenters. The van der Waals surface area contributed by atoms with E-state index < -0.39 is 0 Å². The standard InChI is InChI=1S/C14H16N4O/c1-8-14(18(3)13(7-15)16-8)10-4-5-12-11(6-10)17-9(2)19-12/h4-6H,7,15H2,1-3H3. The van der Waals surface area contributed by atoms with E-state index in [1.54, 1.807) is 0 Å². The van der Waals surface area contributed by atoms with E-state index in [1.807, 2.05) is 43.7 Å². The fraction of sp³-hybridized carbons (Fsp3) is 0.286. The molecule has 3 aromatic rings. The number of hydrogen-bond acceptors (Lipinski definition) is 4. The molecular formula is C14H16N4O. The molecule has 98 valence electrons. The van der Waals surface area contributed by atoms with Gasteiger partial charge in [-0.25, -0.2) is 9.97 Å². The molecular weight excluding hydrogens is 240 g/mol. The number of aryl methyl sites for hydroxylation is 2. The van der Waals surface area contributed by atoms with Crippen LogP contribution < -0.4 is 5.73 Å². The third kappa shape index (κ3) is 1.82. The van der Waals surface area contributed by atoms with Crippen LogP contribution in [0.2, 0.25) is 0 Å². The Morgan fingerprint density at radius 1 is 1.26 bits per heavy atom. The molecule has 0 fully saturated rings. The van der Waals surface area contributed by atoms with Crippen molar-refractivity contribution in [1.82, 2.24) is 14.5 Å². The molecule has 19 heavy (non-hydrogen) atoms. The van der Waals surface area contributed by atoms with E-state index in [-0.39, 0.29) is 0 Å². The molecule has 0 saturated carbocycles. The van der Waals surface area contributed by atoms with Crippen molar-refractivity contribution in [2.75, 3.05) is 0 Å². The van der Waals surface area contributed by atoms with E-state index in [4.69, 9.17) is 10.2 Å². The number of hydrogen-bond donors (Lipinski definition) is 1. The van der Waals surface area contributed by atoms with Gasteiger partial charge in [-0.05, 0) is 25.1 Å². The topological polar surface area (TPSA) is 69.9 Å². The molecule has 2 heterocycles. The first-order valence-electron chi connectivity index (χ1n) is 6.20. The van der Waals surface area contributed by atoms with Crippen LogP contribution >= 0.6 is 0 Å². The second-order valence-electron chi connectivity index (χ2n) is 4.64. The van der Waals surface area contributed by atoms with Gasteiger partial charge in [0.05, 0.1) is 17.9 Å². The smallest absolute Gasteiger partial charge is 0.192 e. The highest BCUT2D eigenvalue weighted by molar-refractivity contribution is 5.80. The second kappa shape index (κ2) is 4.20. The first-order chi connectivity index (χ1) is 9.10. The van der Waals surface area contributed by atoms with Crippen LogP contribution in [-0.4, -0.2) is 14.5 Å². The van der Waals surface area contributed by atoms with Gasteiger partial charge in [-0.15, -0.1) is 0 Å². The Balaban J connectivity index is 2.21. The summed E-state index contributed by atoms with van der Waals surface area (Å²) in [6, 6.07) is 5.99. The summed E-state index contributed by atoms with van der Waals surface area (Å²) in [5, 5.41) is 0. The SMILES string of the molecule is Cc1nc2cc(-c3c(C)nc(CN)n3C)ccc2o1. The van der Waals surface area contributed by atoms with Crippen molar-refractivity contribution < 1.29 is 4.42 Å². The van der Waals surface area contributed by atoms with Crippen molar-refractivity contribution in [2.24, 2.45) is 12.8 Å². The minimum Gasteiger partial charge on any atom is -0.441 e. The summed E-state index contributed by atoms with van der Waals surface area (Å²) >= 11 is 0.